The second-order valence-electron chi connectivity index (χ2n) is 21.5. The van der Waals surface area contributed by atoms with Gasteiger partial charge in [-0.15, -0.1) is 24.0 Å². The van der Waals surface area contributed by atoms with Gasteiger partial charge in [0.15, 0.2) is 0 Å². The Morgan fingerprint density at radius 3 is 1.03 bits per heavy atom. The minimum atomic E-state index is -0.0947. The van der Waals surface area contributed by atoms with Gasteiger partial charge in [0.25, 0.3) is 0 Å². The van der Waals surface area contributed by atoms with Crippen molar-refractivity contribution < 1.29 is 9.47 Å². The van der Waals surface area contributed by atoms with Crippen molar-refractivity contribution in [3.05, 3.63) is 60.7 Å². The first-order valence-corrected chi connectivity index (χ1v) is 26.2. The summed E-state index contributed by atoms with van der Waals surface area (Å²) in [6, 6.07) is 20.8. The second-order valence-corrected chi connectivity index (χ2v) is 22.9. The largest absolute Gasteiger partial charge is 0.487 e. The van der Waals surface area contributed by atoms with Gasteiger partial charge in [-0.25, -0.2) is 0 Å². The number of nitrogens with zero attached hydrogens (tertiary/aromatic N) is 2. The molecule has 358 valence electrons. The van der Waals surface area contributed by atoms with E-state index in [4.69, 9.17) is 9.47 Å². The lowest BCUT2D eigenvalue weighted by Gasteiger charge is -2.45. The highest BCUT2D eigenvalue weighted by molar-refractivity contribution is 14.1. The normalized spacial score (nSPS) is 43.2. The predicted octanol–water partition coefficient (Wildman–Crippen LogP) is 6.11. The van der Waals surface area contributed by atoms with Gasteiger partial charge in [0.2, 0.25) is 0 Å². The molecule has 0 amide bonds. The van der Waals surface area contributed by atoms with E-state index in [2.05, 4.69) is 126 Å². The summed E-state index contributed by atoms with van der Waals surface area (Å²) in [6.07, 6.45) is 18.8. The molecule has 64 heavy (non-hydrogen) atoms. The van der Waals surface area contributed by atoms with Crippen LogP contribution in [-0.4, -0.2) is 118 Å². The van der Waals surface area contributed by atoms with Crippen LogP contribution >= 0.6 is 46.6 Å². The fraction of sp³-hybridized carbons (Fsp3) is 0.760. The predicted molar refractivity (Wildman–Crippen MR) is 277 cm³/mol. The van der Waals surface area contributed by atoms with Crippen LogP contribution in [0.15, 0.2) is 60.7 Å². The fourth-order valence-electron chi connectivity index (χ4n) is 13.5. The van der Waals surface area contributed by atoms with Crippen molar-refractivity contribution in [2.75, 3.05) is 42.3 Å². The van der Waals surface area contributed by atoms with Crippen LogP contribution in [0.5, 0.6) is 11.5 Å². The molecule has 11 rings (SSSR count). The molecule has 8 bridgehead atoms. The summed E-state index contributed by atoms with van der Waals surface area (Å²) in [5, 5.41) is 34.2. The molecule has 5 saturated heterocycles. The van der Waals surface area contributed by atoms with E-state index in [-0.39, 0.29) is 64.8 Å². The van der Waals surface area contributed by atoms with E-state index in [9.17, 15) is 0 Å². The third-order valence-electron chi connectivity index (χ3n) is 16.0. The molecule has 9 aliphatic rings. The van der Waals surface area contributed by atoms with E-state index in [0.717, 1.165) is 17.9 Å². The lowest BCUT2D eigenvalue weighted by atomic mass is 9.75. The monoisotopic (exact) mass is 1110 g/mol. The average Bonchev–Trinajstić information content (AvgIpc) is 4.01. The molecule has 14 heteroatoms. The average molecular weight is 1110 g/mol. The molecule has 8 N–H and O–H groups in total. The number of nitrogens with one attached hydrogen (secondary N) is 8. The molecule has 4 saturated carbocycles. The van der Waals surface area contributed by atoms with Crippen LogP contribution in [0.4, 0.5) is 0 Å². The highest BCUT2D eigenvalue weighted by atomic mass is 127. The Morgan fingerprint density at radius 1 is 0.422 bits per heavy atom. The zero-order valence-corrected chi connectivity index (χ0v) is 43.9. The van der Waals surface area contributed by atoms with E-state index in [1.807, 2.05) is 52.1 Å². The van der Waals surface area contributed by atoms with Gasteiger partial charge < -0.3 is 19.3 Å². The summed E-state index contributed by atoms with van der Waals surface area (Å²) in [4.78, 5) is 4.00. The molecular weight excluding hydrogens is 1030 g/mol. The SMILES string of the molecule is CN(C)C.CN(C)C.I.IC1C(Oc2ccccc2)C(Oc2ccccc2)CC2C3NC4NC(NC5NC(NC6NC(NC(N3)C12)C1CCCCC61)C1CCCCC51)C1CCCCC41. The van der Waals surface area contributed by atoms with E-state index >= 15 is 0 Å². The van der Waals surface area contributed by atoms with Crippen LogP contribution in [0.1, 0.15) is 83.5 Å². The quantitative estimate of drug-likeness (QED) is 0.134. The number of rotatable bonds is 4. The highest BCUT2D eigenvalue weighted by Crippen LogP contribution is 2.48. The zero-order valence-electron chi connectivity index (χ0n) is 39.4. The lowest BCUT2D eigenvalue weighted by molar-refractivity contribution is -0.0127. The Kier molecular flexibility index (Phi) is 17.5. The standard InChI is InChI=1S/C44H63IN8O2.2C3H9N.HI/c45-35-34-32(23-33(54-24-13-3-1-4-14-24)36(35)55-25-15-5-2-6-16-25)43-51-41-29-20-10-9-19-28(29)39(49-41)47-37-26-17-7-8-18-27(26)38(46-37)48-40-30-21-11-12-22-31(30)42(50-40)52-44(34)53-43;2*1-4(2)3;/h1-6,13-16,26-44,46-53H,7-12,17-23H2;2*1-3H3;1H. The number of alkyl halides is 1. The fourth-order valence-corrected chi connectivity index (χ4v) is 15.1. The molecule has 5 heterocycles. The van der Waals surface area contributed by atoms with Crippen LogP contribution in [0, 0.1) is 47.3 Å². The minimum Gasteiger partial charge on any atom is -0.487 e. The van der Waals surface area contributed by atoms with Gasteiger partial charge in [0, 0.05) is 5.92 Å². The van der Waals surface area contributed by atoms with Crippen LogP contribution in [0.25, 0.3) is 0 Å². The first kappa shape index (κ1) is 49.5. The summed E-state index contributed by atoms with van der Waals surface area (Å²) in [7, 11) is 12.0. The maximum atomic E-state index is 7.00. The van der Waals surface area contributed by atoms with Gasteiger partial charge in [-0.1, -0.05) is 97.5 Å². The van der Waals surface area contributed by atoms with Crippen LogP contribution in [0.3, 0.4) is 0 Å². The summed E-state index contributed by atoms with van der Waals surface area (Å²) in [5.74, 6) is 6.46. The number of ether oxygens (including phenoxy) is 2. The molecule has 5 aliphatic heterocycles. The molecule has 4 aliphatic carbocycles. The number of fused-ring (bicyclic) bond motifs is 20. The Labute approximate surface area is 416 Å². The first-order chi connectivity index (χ1) is 30.6. The van der Waals surface area contributed by atoms with E-state index < -0.39 is 0 Å². The van der Waals surface area contributed by atoms with Gasteiger partial charge in [-0.05, 0) is 153 Å². The topological polar surface area (TPSA) is 121 Å². The van der Waals surface area contributed by atoms with E-state index in [1.165, 1.54) is 77.0 Å². The Hall–Kier alpha value is -0.900. The van der Waals surface area contributed by atoms with E-state index in [0.29, 0.717) is 72.0 Å². The molecule has 19 atom stereocenters. The zero-order chi connectivity index (χ0) is 43.6. The first-order valence-electron chi connectivity index (χ1n) is 25.0. The molecule has 0 spiro atoms. The van der Waals surface area contributed by atoms with Crippen molar-refractivity contribution in [1.29, 1.82) is 0 Å². The Morgan fingerprint density at radius 2 is 0.703 bits per heavy atom. The number of hydrogen-bond acceptors (Lipinski definition) is 12. The van der Waals surface area contributed by atoms with Gasteiger partial charge in [0.05, 0.1) is 53.3 Å². The molecule has 12 nitrogen and oxygen atoms in total. The van der Waals surface area contributed by atoms with Crippen molar-refractivity contribution >= 4 is 46.6 Å². The van der Waals surface area contributed by atoms with Crippen molar-refractivity contribution in [1.82, 2.24) is 52.3 Å². The third-order valence-corrected chi connectivity index (χ3v) is 17.5. The summed E-state index contributed by atoms with van der Waals surface area (Å²) < 4.78 is 14.2. The van der Waals surface area contributed by atoms with Gasteiger partial charge in [0.1, 0.15) is 23.7 Å². The van der Waals surface area contributed by atoms with E-state index in [1.54, 1.807) is 0 Å². The molecular formula is C50H82I2N10O2. The summed E-state index contributed by atoms with van der Waals surface area (Å²) >= 11 is 2.75. The Balaban J connectivity index is 0.000000578. The number of halogens is 2. The smallest absolute Gasteiger partial charge is 0.147 e. The van der Waals surface area contributed by atoms with Crippen molar-refractivity contribution in [2.45, 2.75) is 149 Å². The highest BCUT2D eigenvalue weighted by Gasteiger charge is 2.59. The molecule has 2 aromatic rings. The van der Waals surface area contributed by atoms with Gasteiger partial charge in [-0.3, -0.25) is 42.5 Å². The third kappa shape index (κ3) is 11.2. The molecule has 0 radical (unpaired) electrons. The summed E-state index contributed by atoms with van der Waals surface area (Å²) in [6.45, 7) is 0. The number of benzene rings is 2. The molecule has 0 aromatic heterocycles. The van der Waals surface area contributed by atoms with Gasteiger partial charge in [-0.2, -0.15) is 0 Å². The van der Waals surface area contributed by atoms with Crippen molar-refractivity contribution in [3.63, 3.8) is 0 Å². The molecule has 9 fully saturated rings. The van der Waals surface area contributed by atoms with Crippen LogP contribution in [0.2, 0.25) is 0 Å². The lowest BCUT2D eigenvalue weighted by Crippen LogP contribution is -2.62. The maximum Gasteiger partial charge on any atom is 0.147 e. The van der Waals surface area contributed by atoms with Crippen molar-refractivity contribution in [3.8, 4) is 11.5 Å². The summed E-state index contributed by atoms with van der Waals surface area (Å²) in [5.41, 5.74) is 0. The molecule has 2 aromatic carbocycles. The second kappa shape index (κ2) is 22.7. The molecule has 19 unspecified atom stereocenters. The Bertz CT molecular complexity index is 1710. The minimum absolute atomic E-state index is 0. The van der Waals surface area contributed by atoms with Crippen LogP contribution < -0.4 is 52.0 Å². The number of para-hydroxylation sites is 2. The maximum absolute atomic E-state index is 7.00. The number of hydrogen-bond donors (Lipinski definition) is 8. The van der Waals surface area contributed by atoms with Gasteiger partial charge >= 0.3 is 0 Å². The van der Waals surface area contributed by atoms with Crippen LogP contribution in [-0.2, 0) is 0 Å². The van der Waals surface area contributed by atoms with Crippen molar-refractivity contribution in [2.24, 2.45) is 47.3 Å².